The van der Waals surface area contributed by atoms with Crippen LogP contribution in [0.4, 0.5) is 0 Å². The van der Waals surface area contributed by atoms with Crippen molar-refractivity contribution < 1.29 is 5.11 Å². The van der Waals surface area contributed by atoms with E-state index in [1.165, 1.54) is 12.0 Å². The first-order valence-corrected chi connectivity index (χ1v) is 7.66. The van der Waals surface area contributed by atoms with Crippen molar-refractivity contribution in [1.29, 1.82) is 0 Å². The summed E-state index contributed by atoms with van der Waals surface area (Å²) in [7, 11) is 0. The van der Waals surface area contributed by atoms with Crippen molar-refractivity contribution in [2.24, 2.45) is 11.8 Å². The van der Waals surface area contributed by atoms with E-state index in [4.69, 9.17) is 0 Å². The van der Waals surface area contributed by atoms with Gasteiger partial charge >= 0.3 is 0 Å². The standard InChI is InChI=1S/C16H28N2O/c1-5-8-18-11-13(10-17-18)16(3,4)14-7-6-12(2)9-15(14)19/h10-12,14-15,19H,5-9H2,1-4H3. The molecule has 0 saturated heterocycles. The second-order valence-corrected chi connectivity index (χ2v) is 6.81. The maximum Gasteiger partial charge on any atom is 0.0579 e. The number of aliphatic hydroxyl groups excluding tert-OH is 1. The van der Waals surface area contributed by atoms with E-state index >= 15 is 0 Å². The summed E-state index contributed by atoms with van der Waals surface area (Å²) in [6, 6.07) is 0. The normalized spacial score (nSPS) is 28.6. The first kappa shape index (κ1) is 14.6. The highest BCUT2D eigenvalue weighted by Crippen LogP contribution is 2.42. The zero-order chi connectivity index (χ0) is 14.0. The van der Waals surface area contributed by atoms with Gasteiger partial charge in [0.25, 0.3) is 0 Å². The van der Waals surface area contributed by atoms with Gasteiger partial charge in [0.05, 0.1) is 12.3 Å². The average Bonchev–Trinajstić information content (AvgIpc) is 2.78. The minimum Gasteiger partial charge on any atom is -0.393 e. The number of aliphatic hydroxyl groups is 1. The van der Waals surface area contributed by atoms with Crippen LogP contribution in [0.1, 0.15) is 58.9 Å². The van der Waals surface area contributed by atoms with E-state index in [0.717, 1.165) is 25.8 Å². The molecule has 1 heterocycles. The van der Waals surface area contributed by atoms with Crippen LogP contribution in [0, 0.1) is 11.8 Å². The van der Waals surface area contributed by atoms with Crippen LogP contribution in [0.5, 0.6) is 0 Å². The Labute approximate surface area is 117 Å². The predicted molar refractivity (Wildman–Crippen MR) is 78.1 cm³/mol. The summed E-state index contributed by atoms with van der Waals surface area (Å²) in [5, 5.41) is 14.9. The topological polar surface area (TPSA) is 38.0 Å². The van der Waals surface area contributed by atoms with Crippen LogP contribution >= 0.6 is 0 Å². The van der Waals surface area contributed by atoms with Crippen LogP contribution in [0.15, 0.2) is 12.4 Å². The molecular formula is C16H28N2O. The van der Waals surface area contributed by atoms with Gasteiger partial charge in [-0.05, 0) is 42.1 Å². The summed E-state index contributed by atoms with van der Waals surface area (Å²) in [5.74, 6) is 1.01. The molecule has 1 N–H and O–H groups in total. The quantitative estimate of drug-likeness (QED) is 0.905. The predicted octanol–water partition coefficient (Wildman–Crippen LogP) is 3.37. The van der Waals surface area contributed by atoms with Gasteiger partial charge in [-0.3, -0.25) is 4.68 Å². The van der Waals surface area contributed by atoms with E-state index < -0.39 is 0 Å². The molecule has 0 bridgehead atoms. The molecule has 3 heteroatoms. The highest BCUT2D eigenvalue weighted by Gasteiger charge is 2.39. The second-order valence-electron chi connectivity index (χ2n) is 6.81. The number of hydrogen-bond acceptors (Lipinski definition) is 2. The van der Waals surface area contributed by atoms with Gasteiger partial charge in [-0.15, -0.1) is 0 Å². The van der Waals surface area contributed by atoms with Gasteiger partial charge in [0, 0.05) is 12.7 Å². The molecule has 0 spiro atoms. The van der Waals surface area contributed by atoms with Gasteiger partial charge in [0.15, 0.2) is 0 Å². The van der Waals surface area contributed by atoms with Crippen molar-refractivity contribution in [2.75, 3.05) is 0 Å². The van der Waals surface area contributed by atoms with Gasteiger partial charge in [-0.25, -0.2) is 0 Å². The molecule has 1 aromatic heterocycles. The lowest BCUT2D eigenvalue weighted by atomic mass is 9.65. The maximum absolute atomic E-state index is 10.4. The van der Waals surface area contributed by atoms with E-state index in [2.05, 4.69) is 39.0 Å². The second kappa shape index (κ2) is 5.66. The van der Waals surface area contributed by atoms with E-state index in [1.54, 1.807) is 0 Å². The molecule has 1 aliphatic rings. The lowest BCUT2D eigenvalue weighted by molar-refractivity contribution is 0.0143. The van der Waals surface area contributed by atoms with Crippen molar-refractivity contribution in [3.8, 4) is 0 Å². The largest absolute Gasteiger partial charge is 0.393 e. The third-order valence-electron chi connectivity index (χ3n) is 4.84. The summed E-state index contributed by atoms with van der Waals surface area (Å²) >= 11 is 0. The van der Waals surface area contributed by atoms with Crippen molar-refractivity contribution in [3.63, 3.8) is 0 Å². The number of aryl methyl sites for hydroxylation is 1. The molecule has 1 saturated carbocycles. The number of rotatable bonds is 4. The highest BCUT2D eigenvalue weighted by molar-refractivity contribution is 5.19. The molecule has 108 valence electrons. The summed E-state index contributed by atoms with van der Waals surface area (Å²) in [5.41, 5.74) is 1.27. The zero-order valence-electron chi connectivity index (χ0n) is 12.8. The molecule has 19 heavy (non-hydrogen) atoms. The fraction of sp³-hybridized carbons (Fsp3) is 0.812. The van der Waals surface area contributed by atoms with Gasteiger partial charge in [-0.2, -0.15) is 5.10 Å². The van der Waals surface area contributed by atoms with Gasteiger partial charge in [0.2, 0.25) is 0 Å². The van der Waals surface area contributed by atoms with Crippen LogP contribution in [-0.4, -0.2) is 21.0 Å². The molecule has 3 atom stereocenters. The van der Waals surface area contributed by atoms with Crippen molar-refractivity contribution in [1.82, 2.24) is 9.78 Å². The van der Waals surface area contributed by atoms with E-state index in [9.17, 15) is 5.11 Å². The number of hydrogen-bond donors (Lipinski definition) is 1. The van der Waals surface area contributed by atoms with Crippen LogP contribution in [0.3, 0.4) is 0 Å². The minimum absolute atomic E-state index is 0.00550. The van der Waals surface area contributed by atoms with Crippen molar-refractivity contribution in [2.45, 2.75) is 71.4 Å². The van der Waals surface area contributed by atoms with Gasteiger partial charge in [0.1, 0.15) is 0 Å². The Morgan fingerprint density at radius 2 is 2.16 bits per heavy atom. The monoisotopic (exact) mass is 264 g/mol. The molecule has 2 rings (SSSR count). The molecule has 0 amide bonds. The van der Waals surface area contributed by atoms with E-state index in [0.29, 0.717) is 11.8 Å². The molecular weight excluding hydrogens is 236 g/mol. The fourth-order valence-electron chi connectivity index (χ4n) is 3.45. The SMILES string of the molecule is CCCn1cc(C(C)(C)C2CCC(C)CC2O)cn1. The smallest absolute Gasteiger partial charge is 0.0579 e. The first-order chi connectivity index (χ1) is 8.95. The lowest BCUT2D eigenvalue weighted by Crippen LogP contribution is -2.41. The molecule has 1 aliphatic carbocycles. The minimum atomic E-state index is -0.173. The third-order valence-corrected chi connectivity index (χ3v) is 4.84. The summed E-state index contributed by atoms with van der Waals surface area (Å²) < 4.78 is 2.02. The average molecular weight is 264 g/mol. The van der Waals surface area contributed by atoms with Crippen LogP contribution in [0.2, 0.25) is 0 Å². The Balaban J connectivity index is 2.15. The Bertz CT molecular complexity index is 411. The van der Waals surface area contributed by atoms with Crippen molar-refractivity contribution in [3.05, 3.63) is 18.0 Å². The number of nitrogens with zero attached hydrogens (tertiary/aromatic N) is 2. The Morgan fingerprint density at radius 3 is 2.79 bits per heavy atom. The Kier molecular flexibility index (Phi) is 4.34. The third kappa shape index (κ3) is 3.02. The zero-order valence-corrected chi connectivity index (χ0v) is 12.8. The van der Waals surface area contributed by atoms with Crippen LogP contribution < -0.4 is 0 Å². The summed E-state index contributed by atoms with van der Waals surface area (Å²) in [4.78, 5) is 0. The van der Waals surface area contributed by atoms with Crippen molar-refractivity contribution >= 4 is 0 Å². The molecule has 1 fully saturated rings. The first-order valence-electron chi connectivity index (χ1n) is 7.66. The van der Waals surface area contributed by atoms with Crippen LogP contribution in [-0.2, 0) is 12.0 Å². The van der Waals surface area contributed by atoms with E-state index in [-0.39, 0.29) is 11.5 Å². The lowest BCUT2D eigenvalue weighted by Gasteiger charge is -2.41. The molecule has 1 aromatic rings. The Morgan fingerprint density at radius 1 is 1.42 bits per heavy atom. The molecule has 3 nitrogen and oxygen atoms in total. The fourth-order valence-corrected chi connectivity index (χ4v) is 3.45. The summed E-state index contributed by atoms with van der Waals surface area (Å²) in [6.45, 7) is 9.89. The molecule has 3 unspecified atom stereocenters. The summed E-state index contributed by atoms with van der Waals surface area (Å²) in [6.07, 6.45) is 8.37. The number of aromatic nitrogens is 2. The van der Waals surface area contributed by atoms with Gasteiger partial charge < -0.3 is 5.11 Å². The van der Waals surface area contributed by atoms with Crippen LogP contribution in [0.25, 0.3) is 0 Å². The Hall–Kier alpha value is -0.830. The maximum atomic E-state index is 10.4. The molecule has 0 aliphatic heterocycles. The molecule has 0 aromatic carbocycles. The highest BCUT2D eigenvalue weighted by atomic mass is 16.3. The van der Waals surface area contributed by atoms with Gasteiger partial charge in [-0.1, -0.05) is 34.1 Å². The molecule has 0 radical (unpaired) electrons. The van der Waals surface area contributed by atoms with E-state index in [1.807, 2.05) is 10.9 Å².